The summed E-state index contributed by atoms with van der Waals surface area (Å²) >= 11 is 0. The fourth-order valence-corrected chi connectivity index (χ4v) is 3.03. The summed E-state index contributed by atoms with van der Waals surface area (Å²) in [6, 6.07) is 10.5. The molecule has 0 amide bonds. The van der Waals surface area contributed by atoms with Crippen molar-refractivity contribution in [3.63, 3.8) is 0 Å². The lowest BCUT2D eigenvalue weighted by Gasteiger charge is -2.25. The van der Waals surface area contributed by atoms with E-state index in [9.17, 15) is 10.2 Å². The van der Waals surface area contributed by atoms with Crippen LogP contribution in [0.5, 0.6) is 23.0 Å². The van der Waals surface area contributed by atoms with Gasteiger partial charge in [-0.05, 0) is 35.4 Å². The van der Waals surface area contributed by atoms with E-state index in [2.05, 4.69) is 5.32 Å². The van der Waals surface area contributed by atoms with Crippen molar-refractivity contribution in [2.75, 3.05) is 26.7 Å². The molecule has 2 aromatic carbocycles. The van der Waals surface area contributed by atoms with Crippen LogP contribution in [-0.2, 0) is 0 Å². The van der Waals surface area contributed by atoms with E-state index in [4.69, 9.17) is 18.9 Å². The SMILES string of the molecule is OCCN[C@@H](c1ccc2c(c1)OCO2)[C@@H](O)c1ccc2c(c1)OCO2. The van der Waals surface area contributed by atoms with Crippen LogP contribution in [-0.4, -0.2) is 37.0 Å². The molecule has 132 valence electrons. The third-order valence-corrected chi connectivity index (χ3v) is 4.29. The second kappa shape index (κ2) is 6.79. The third-order valence-electron chi connectivity index (χ3n) is 4.29. The highest BCUT2D eigenvalue weighted by molar-refractivity contribution is 5.48. The molecule has 0 spiro atoms. The number of benzene rings is 2. The van der Waals surface area contributed by atoms with Crippen LogP contribution >= 0.6 is 0 Å². The largest absolute Gasteiger partial charge is 0.454 e. The molecule has 0 fully saturated rings. The Morgan fingerprint density at radius 2 is 1.40 bits per heavy atom. The van der Waals surface area contributed by atoms with Gasteiger partial charge in [-0.15, -0.1) is 0 Å². The number of fused-ring (bicyclic) bond motifs is 2. The summed E-state index contributed by atoms with van der Waals surface area (Å²) in [5, 5.41) is 23.3. The van der Waals surface area contributed by atoms with E-state index in [-0.39, 0.29) is 20.2 Å². The standard InChI is InChI=1S/C18H19NO6/c20-6-5-19-17(11-1-3-13-15(7-11)24-9-22-13)18(21)12-2-4-14-16(8-12)25-10-23-14/h1-4,7-8,17-21H,5-6,9-10H2/t17-,18-/m0/s1. The van der Waals surface area contributed by atoms with E-state index in [0.29, 0.717) is 35.1 Å². The van der Waals surface area contributed by atoms with Crippen LogP contribution in [0.15, 0.2) is 36.4 Å². The van der Waals surface area contributed by atoms with Gasteiger partial charge in [0.05, 0.1) is 18.8 Å². The zero-order valence-corrected chi connectivity index (χ0v) is 13.5. The molecule has 0 aromatic heterocycles. The summed E-state index contributed by atoms with van der Waals surface area (Å²) in [6.07, 6.45) is -0.846. The van der Waals surface area contributed by atoms with E-state index >= 15 is 0 Å². The van der Waals surface area contributed by atoms with Crippen LogP contribution in [0.25, 0.3) is 0 Å². The van der Waals surface area contributed by atoms with Gasteiger partial charge in [-0.2, -0.15) is 0 Å². The van der Waals surface area contributed by atoms with Crippen LogP contribution in [0, 0.1) is 0 Å². The maximum Gasteiger partial charge on any atom is 0.231 e. The molecule has 2 heterocycles. The molecule has 7 heteroatoms. The Hall–Kier alpha value is -2.48. The lowest BCUT2D eigenvalue weighted by Crippen LogP contribution is -2.29. The van der Waals surface area contributed by atoms with Gasteiger partial charge in [0, 0.05) is 6.54 Å². The Morgan fingerprint density at radius 3 is 2.04 bits per heavy atom. The number of hydrogen-bond acceptors (Lipinski definition) is 7. The number of nitrogens with one attached hydrogen (secondary N) is 1. The molecule has 25 heavy (non-hydrogen) atoms. The fraction of sp³-hybridized carbons (Fsp3) is 0.333. The van der Waals surface area contributed by atoms with Crippen molar-refractivity contribution in [2.24, 2.45) is 0 Å². The highest BCUT2D eigenvalue weighted by Gasteiger charge is 2.26. The monoisotopic (exact) mass is 345 g/mol. The topological polar surface area (TPSA) is 89.4 Å². The quantitative estimate of drug-likeness (QED) is 0.731. The molecule has 2 aliphatic rings. The third kappa shape index (κ3) is 3.09. The van der Waals surface area contributed by atoms with Gasteiger partial charge in [0.1, 0.15) is 0 Å². The minimum atomic E-state index is -0.846. The van der Waals surface area contributed by atoms with Crippen molar-refractivity contribution in [3.8, 4) is 23.0 Å². The second-order valence-electron chi connectivity index (χ2n) is 5.83. The maximum atomic E-state index is 10.9. The summed E-state index contributed by atoms with van der Waals surface area (Å²) in [4.78, 5) is 0. The van der Waals surface area contributed by atoms with Gasteiger partial charge in [0.25, 0.3) is 0 Å². The predicted molar refractivity (Wildman–Crippen MR) is 87.9 cm³/mol. The smallest absolute Gasteiger partial charge is 0.231 e. The normalized spacial score (nSPS) is 16.7. The average Bonchev–Trinajstić information content (AvgIpc) is 3.29. The van der Waals surface area contributed by atoms with Gasteiger partial charge < -0.3 is 34.5 Å². The van der Waals surface area contributed by atoms with E-state index in [1.54, 1.807) is 18.2 Å². The first-order valence-electron chi connectivity index (χ1n) is 8.07. The number of aliphatic hydroxyl groups excluding tert-OH is 2. The van der Waals surface area contributed by atoms with Crippen LogP contribution in [0.2, 0.25) is 0 Å². The molecule has 0 saturated heterocycles. The number of aliphatic hydroxyl groups is 2. The summed E-state index contributed by atoms with van der Waals surface area (Å²) in [6.45, 7) is 0.692. The van der Waals surface area contributed by atoms with Crippen molar-refractivity contribution in [1.29, 1.82) is 0 Å². The van der Waals surface area contributed by atoms with Crippen molar-refractivity contribution >= 4 is 0 Å². The molecule has 3 N–H and O–H groups in total. The number of hydrogen-bond donors (Lipinski definition) is 3. The number of rotatable bonds is 6. The Labute approximate surface area is 144 Å². The Morgan fingerprint density at radius 1 is 0.840 bits per heavy atom. The van der Waals surface area contributed by atoms with Crippen molar-refractivity contribution < 1.29 is 29.2 Å². The molecule has 0 bridgehead atoms. The fourth-order valence-electron chi connectivity index (χ4n) is 3.03. The van der Waals surface area contributed by atoms with E-state index in [1.165, 1.54) is 0 Å². The van der Waals surface area contributed by atoms with Crippen molar-refractivity contribution in [2.45, 2.75) is 12.1 Å². The van der Waals surface area contributed by atoms with Gasteiger partial charge >= 0.3 is 0 Å². The lowest BCUT2D eigenvalue weighted by molar-refractivity contribution is 0.124. The molecule has 2 atom stereocenters. The highest BCUT2D eigenvalue weighted by atomic mass is 16.7. The number of ether oxygens (including phenoxy) is 4. The summed E-state index contributed by atoms with van der Waals surface area (Å²) in [5.74, 6) is 2.61. The van der Waals surface area contributed by atoms with Crippen molar-refractivity contribution in [3.05, 3.63) is 47.5 Å². The zero-order valence-electron chi connectivity index (χ0n) is 13.5. The molecule has 0 aliphatic carbocycles. The molecule has 0 radical (unpaired) electrons. The summed E-state index contributed by atoms with van der Waals surface area (Å²) < 4.78 is 21.5. The molecule has 2 aromatic rings. The predicted octanol–water partition coefficient (Wildman–Crippen LogP) is 1.50. The van der Waals surface area contributed by atoms with E-state index < -0.39 is 12.1 Å². The first-order chi connectivity index (χ1) is 12.3. The Bertz CT molecular complexity index is 765. The van der Waals surface area contributed by atoms with Crippen LogP contribution in [0.1, 0.15) is 23.3 Å². The van der Waals surface area contributed by atoms with Gasteiger partial charge in [0.15, 0.2) is 23.0 Å². The van der Waals surface area contributed by atoms with Gasteiger partial charge in [-0.1, -0.05) is 12.1 Å². The second-order valence-corrected chi connectivity index (χ2v) is 5.83. The summed E-state index contributed by atoms with van der Waals surface area (Å²) in [5.41, 5.74) is 1.53. The molecule has 4 rings (SSSR count). The molecular weight excluding hydrogens is 326 g/mol. The van der Waals surface area contributed by atoms with E-state index in [0.717, 1.165) is 5.56 Å². The average molecular weight is 345 g/mol. The Balaban J connectivity index is 1.64. The molecule has 2 aliphatic heterocycles. The van der Waals surface area contributed by atoms with Crippen molar-refractivity contribution in [1.82, 2.24) is 5.32 Å². The van der Waals surface area contributed by atoms with Gasteiger partial charge in [-0.25, -0.2) is 0 Å². The molecular formula is C18H19NO6. The minimum absolute atomic E-state index is 0.0328. The maximum absolute atomic E-state index is 10.9. The van der Waals surface area contributed by atoms with Crippen LogP contribution in [0.3, 0.4) is 0 Å². The highest BCUT2D eigenvalue weighted by Crippen LogP contribution is 2.40. The van der Waals surface area contributed by atoms with Gasteiger partial charge in [-0.3, -0.25) is 0 Å². The molecule has 7 nitrogen and oxygen atoms in total. The minimum Gasteiger partial charge on any atom is -0.454 e. The molecule has 0 unspecified atom stereocenters. The van der Waals surface area contributed by atoms with E-state index in [1.807, 2.05) is 18.2 Å². The molecule has 0 saturated carbocycles. The first kappa shape index (κ1) is 16.0. The zero-order chi connectivity index (χ0) is 17.2. The van der Waals surface area contributed by atoms with Crippen LogP contribution in [0.4, 0.5) is 0 Å². The first-order valence-corrected chi connectivity index (χ1v) is 8.07. The summed E-state index contributed by atoms with van der Waals surface area (Å²) in [7, 11) is 0. The lowest BCUT2D eigenvalue weighted by atomic mass is 9.95. The van der Waals surface area contributed by atoms with Gasteiger partial charge in [0.2, 0.25) is 13.6 Å². The Kier molecular flexibility index (Phi) is 4.35. The van der Waals surface area contributed by atoms with Crippen LogP contribution < -0.4 is 24.3 Å².